The summed E-state index contributed by atoms with van der Waals surface area (Å²) in [4.78, 5) is 11.8. The van der Waals surface area contributed by atoms with Crippen molar-refractivity contribution in [2.75, 3.05) is 0 Å². The van der Waals surface area contributed by atoms with Gasteiger partial charge in [0.15, 0.2) is 5.78 Å². The highest BCUT2D eigenvalue weighted by atomic mass is 35.5. The lowest BCUT2D eigenvalue weighted by molar-refractivity contribution is 0.103. The van der Waals surface area contributed by atoms with Crippen molar-refractivity contribution in [2.45, 2.75) is 25.1 Å². The van der Waals surface area contributed by atoms with Gasteiger partial charge in [-0.15, -0.1) is 11.6 Å². The number of fused-ring (bicyclic) bond motifs is 3. The molecule has 1 aliphatic carbocycles. The number of ketones is 1. The first-order valence-electron chi connectivity index (χ1n) is 16.7. The molecule has 0 bridgehead atoms. The summed E-state index contributed by atoms with van der Waals surface area (Å²) in [6.07, 6.45) is 3.36. The number of hydrogen-bond acceptors (Lipinski definition) is 1. The fraction of sp³-hybridized carbons (Fsp3) is 0.0851. The maximum absolute atomic E-state index is 11.8. The van der Waals surface area contributed by atoms with Gasteiger partial charge in [0.25, 0.3) is 0 Å². The molecule has 8 rings (SSSR count). The van der Waals surface area contributed by atoms with E-state index in [0.29, 0.717) is 5.88 Å². The third-order valence-corrected chi connectivity index (χ3v) is 8.47. The van der Waals surface area contributed by atoms with Gasteiger partial charge in [0.2, 0.25) is 0 Å². The molecule has 2 heteroatoms. The summed E-state index contributed by atoms with van der Waals surface area (Å²) in [5.74, 6) is 0.687. The molecule has 0 fully saturated rings. The molecule has 0 radical (unpaired) electrons. The molecule has 0 N–H and O–H groups in total. The summed E-state index contributed by atoms with van der Waals surface area (Å²) in [5, 5.41) is 0. The fourth-order valence-corrected chi connectivity index (χ4v) is 5.75. The Balaban J connectivity index is 0.000000130. The molecule has 49 heavy (non-hydrogen) atoms. The lowest BCUT2D eigenvalue weighted by atomic mass is 10.0. The van der Waals surface area contributed by atoms with Gasteiger partial charge in [0.05, 0.1) is 0 Å². The van der Waals surface area contributed by atoms with E-state index in [9.17, 15) is 4.79 Å². The Labute approximate surface area is 296 Å². The largest absolute Gasteiger partial charge is 0.289 e. The fourth-order valence-electron chi connectivity index (χ4n) is 5.57. The Morgan fingerprint density at radius 2 is 0.694 bits per heavy atom. The number of hydrogen-bond donors (Lipinski definition) is 0. The lowest BCUT2D eigenvalue weighted by Crippen LogP contribution is -1.99. The molecule has 0 atom stereocenters. The van der Waals surface area contributed by atoms with Crippen LogP contribution in [0, 0.1) is 0 Å². The van der Waals surface area contributed by atoms with Crippen LogP contribution in [-0.4, -0.2) is 5.78 Å². The SMILES string of the molecule is ClCc1ccccc1.O=C(c1ccccc1)c1ccccc1.c1ccc(CCc2ccccc2)cc1.c1ccc2c(c1)Cc1ccccc1-2. The number of halogens is 1. The smallest absolute Gasteiger partial charge is 0.193 e. The van der Waals surface area contributed by atoms with Crippen LogP contribution >= 0.6 is 11.6 Å². The van der Waals surface area contributed by atoms with Gasteiger partial charge in [-0.3, -0.25) is 4.79 Å². The van der Waals surface area contributed by atoms with E-state index in [0.717, 1.165) is 30.4 Å². The summed E-state index contributed by atoms with van der Waals surface area (Å²) >= 11 is 5.53. The van der Waals surface area contributed by atoms with Crippen LogP contribution in [0.2, 0.25) is 0 Å². The van der Waals surface area contributed by atoms with Crippen LogP contribution in [0.15, 0.2) is 200 Å². The van der Waals surface area contributed by atoms with Gasteiger partial charge in [-0.25, -0.2) is 0 Å². The van der Waals surface area contributed by atoms with Crippen LogP contribution in [0.5, 0.6) is 0 Å². The molecule has 0 amide bonds. The summed E-state index contributed by atoms with van der Waals surface area (Å²) in [5.41, 5.74) is 11.2. The Morgan fingerprint density at radius 3 is 1.04 bits per heavy atom. The van der Waals surface area contributed by atoms with Crippen molar-refractivity contribution >= 4 is 17.4 Å². The first-order chi connectivity index (χ1) is 24.2. The molecule has 0 saturated carbocycles. The minimum atomic E-state index is 0.0752. The molecule has 7 aromatic rings. The lowest BCUT2D eigenvalue weighted by Gasteiger charge is -2.01. The van der Waals surface area contributed by atoms with Gasteiger partial charge in [-0.2, -0.15) is 0 Å². The topological polar surface area (TPSA) is 17.1 Å². The highest BCUT2D eigenvalue weighted by molar-refractivity contribution is 6.17. The molecule has 0 heterocycles. The van der Waals surface area contributed by atoms with E-state index in [1.165, 1.54) is 38.9 Å². The predicted molar refractivity (Wildman–Crippen MR) is 207 cm³/mol. The van der Waals surface area contributed by atoms with Crippen molar-refractivity contribution in [1.29, 1.82) is 0 Å². The van der Waals surface area contributed by atoms with Crippen molar-refractivity contribution in [3.8, 4) is 11.1 Å². The number of aryl methyl sites for hydroxylation is 2. The van der Waals surface area contributed by atoms with Gasteiger partial charge in [-0.1, -0.05) is 200 Å². The van der Waals surface area contributed by atoms with Crippen molar-refractivity contribution in [3.63, 3.8) is 0 Å². The van der Waals surface area contributed by atoms with Crippen LogP contribution < -0.4 is 0 Å². The van der Waals surface area contributed by atoms with Crippen LogP contribution in [0.3, 0.4) is 0 Å². The molecule has 7 aromatic carbocycles. The highest BCUT2D eigenvalue weighted by Gasteiger charge is 2.15. The van der Waals surface area contributed by atoms with E-state index in [1.807, 2.05) is 91.0 Å². The molecule has 0 saturated heterocycles. The molecule has 0 spiro atoms. The van der Waals surface area contributed by atoms with Gasteiger partial charge < -0.3 is 0 Å². The first-order valence-corrected chi connectivity index (χ1v) is 17.2. The normalized spacial score (nSPS) is 10.4. The molecule has 0 aromatic heterocycles. The van der Waals surface area contributed by atoms with E-state index in [-0.39, 0.29) is 5.78 Å². The van der Waals surface area contributed by atoms with E-state index in [1.54, 1.807) is 0 Å². The van der Waals surface area contributed by atoms with Gasteiger partial charge >= 0.3 is 0 Å². The third kappa shape index (κ3) is 11.0. The minimum absolute atomic E-state index is 0.0752. The molecule has 0 unspecified atom stereocenters. The monoisotopic (exact) mass is 656 g/mol. The Bertz CT molecular complexity index is 1830. The van der Waals surface area contributed by atoms with Gasteiger partial charge in [0, 0.05) is 17.0 Å². The van der Waals surface area contributed by atoms with E-state index in [2.05, 4.69) is 109 Å². The second-order valence-corrected chi connectivity index (χ2v) is 11.9. The summed E-state index contributed by atoms with van der Waals surface area (Å²) in [6, 6.07) is 67.1. The number of carbonyl (C=O) groups is 1. The summed E-state index contributed by atoms with van der Waals surface area (Å²) in [6.45, 7) is 0. The number of carbonyl (C=O) groups excluding carboxylic acids is 1. The van der Waals surface area contributed by atoms with Crippen molar-refractivity contribution in [1.82, 2.24) is 0 Å². The van der Waals surface area contributed by atoms with Crippen LogP contribution in [0.25, 0.3) is 11.1 Å². The molecular weight excluding hydrogens is 616 g/mol. The maximum Gasteiger partial charge on any atom is 0.193 e. The van der Waals surface area contributed by atoms with Crippen LogP contribution in [0.4, 0.5) is 0 Å². The highest BCUT2D eigenvalue weighted by Crippen LogP contribution is 2.35. The summed E-state index contributed by atoms with van der Waals surface area (Å²) < 4.78 is 0. The Morgan fingerprint density at radius 1 is 0.388 bits per heavy atom. The van der Waals surface area contributed by atoms with E-state index in [4.69, 9.17) is 11.6 Å². The Hall–Kier alpha value is -5.50. The second kappa shape index (κ2) is 19.4. The van der Waals surface area contributed by atoms with E-state index >= 15 is 0 Å². The average Bonchev–Trinajstić information content (AvgIpc) is 3.58. The zero-order valence-corrected chi connectivity index (χ0v) is 28.4. The molecule has 242 valence electrons. The molecule has 1 nitrogen and oxygen atoms in total. The predicted octanol–water partition coefficient (Wildman–Crippen LogP) is 12.1. The number of benzene rings is 7. The molecule has 0 aliphatic heterocycles. The third-order valence-electron chi connectivity index (χ3n) is 8.16. The zero-order chi connectivity index (χ0) is 33.9. The van der Waals surface area contributed by atoms with Crippen LogP contribution in [0.1, 0.15) is 43.7 Å². The van der Waals surface area contributed by atoms with Crippen LogP contribution in [-0.2, 0) is 25.1 Å². The second-order valence-electron chi connectivity index (χ2n) is 11.6. The van der Waals surface area contributed by atoms with Crippen molar-refractivity contribution in [3.05, 3.63) is 239 Å². The maximum atomic E-state index is 11.8. The number of rotatable bonds is 6. The minimum Gasteiger partial charge on any atom is -0.289 e. The Kier molecular flexibility index (Phi) is 13.8. The van der Waals surface area contributed by atoms with E-state index < -0.39 is 0 Å². The molecule has 1 aliphatic rings. The average molecular weight is 657 g/mol. The van der Waals surface area contributed by atoms with Crippen molar-refractivity contribution in [2.24, 2.45) is 0 Å². The quantitative estimate of drug-likeness (QED) is 0.129. The summed E-state index contributed by atoms with van der Waals surface area (Å²) in [7, 11) is 0. The number of alkyl halides is 1. The van der Waals surface area contributed by atoms with Gasteiger partial charge in [-0.05, 0) is 58.2 Å². The van der Waals surface area contributed by atoms with Gasteiger partial charge in [0.1, 0.15) is 0 Å². The van der Waals surface area contributed by atoms with Crippen molar-refractivity contribution < 1.29 is 4.79 Å². The molecular formula is C47H41ClO. The first kappa shape index (κ1) is 34.8. The standard InChI is InChI=1S/C14H14.C13H10O.C13H10.C7H7Cl/c1-3-7-13(8-4-1)11-12-14-9-5-2-6-10-14;14-13(11-7-3-1-4-8-11)12-9-5-2-6-10-12;1-3-7-12-10(5-1)9-11-6-2-4-8-13(11)12;8-6-7-4-2-1-3-5-7/h1-10H,11-12H2;1-10H;1-8H,9H2;1-5H,6H2. The zero-order valence-electron chi connectivity index (χ0n) is 27.7.